The van der Waals surface area contributed by atoms with Gasteiger partial charge in [0.25, 0.3) is 0 Å². The van der Waals surface area contributed by atoms with Gasteiger partial charge in [0.2, 0.25) is 10.0 Å². The first-order valence-corrected chi connectivity index (χ1v) is 7.89. The number of sulfonamides is 1. The monoisotopic (exact) mass is 293 g/mol. The Morgan fingerprint density at radius 1 is 1.26 bits per heavy atom. The molecule has 1 rings (SSSR count). The molecule has 0 radical (unpaired) electrons. The predicted molar refractivity (Wildman–Crippen MR) is 68.1 cm³/mol. The third-order valence-corrected chi connectivity index (χ3v) is 3.62. The lowest BCUT2D eigenvalue weighted by molar-refractivity contribution is -0.141. The summed E-state index contributed by atoms with van der Waals surface area (Å²) in [5, 5.41) is 14.0. The Morgan fingerprint density at radius 2 is 1.95 bits per heavy atom. The van der Waals surface area contributed by atoms with Gasteiger partial charge in [-0.25, -0.2) is 17.9 Å². The average Bonchev–Trinajstić information content (AvgIpc) is 2.71. The number of hydrogen-bond donors (Lipinski definition) is 4. The summed E-state index contributed by atoms with van der Waals surface area (Å²) in [6.45, 7) is 0.294. The summed E-state index contributed by atoms with van der Waals surface area (Å²) in [7, 11) is -3.25. The van der Waals surface area contributed by atoms with Gasteiger partial charge in [-0.2, -0.15) is 0 Å². The van der Waals surface area contributed by atoms with Gasteiger partial charge in [0.15, 0.2) is 0 Å². The molecule has 0 aliphatic heterocycles. The van der Waals surface area contributed by atoms with Gasteiger partial charge in [0.05, 0.1) is 12.2 Å². The van der Waals surface area contributed by atoms with Crippen molar-refractivity contribution in [1.82, 2.24) is 15.4 Å². The molecule has 19 heavy (non-hydrogen) atoms. The molecule has 1 saturated carbocycles. The SMILES string of the molecule is CS(=O)(=O)NCCNC(=O)N[C@H]1CC[C@@H](C(=O)O)C1. The van der Waals surface area contributed by atoms with Crippen LogP contribution in [-0.4, -0.2) is 50.9 Å². The summed E-state index contributed by atoms with van der Waals surface area (Å²) in [5.74, 6) is -1.22. The molecule has 0 bridgehead atoms. The molecular formula is C10H19N3O5S. The molecule has 9 heteroatoms. The van der Waals surface area contributed by atoms with Gasteiger partial charge < -0.3 is 15.7 Å². The van der Waals surface area contributed by atoms with E-state index in [1.54, 1.807) is 0 Å². The number of carboxylic acids is 1. The third-order valence-electron chi connectivity index (χ3n) is 2.89. The van der Waals surface area contributed by atoms with Crippen LogP contribution < -0.4 is 15.4 Å². The van der Waals surface area contributed by atoms with Crippen LogP contribution in [0.3, 0.4) is 0 Å². The van der Waals surface area contributed by atoms with Crippen molar-refractivity contribution in [2.75, 3.05) is 19.3 Å². The minimum absolute atomic E-state index is 0.120. The average molecular weight is 293 g/mol. The first-order chi connectivity index (χ1) is 8.78. The Kier molecular flexibility index (Phi) is 5.55. The zero-order valence-corrected chi connectivity index (χ0v) is 11.5. The molecule has 0 saturated heterocycles. The van der Waals surface area contributed by atoms with Gasteiger partial charge >= 0.3 is 12.0 Å². The molecule has 8 nitrogen and oxygen atoms in total. The minimum Gasteiger partial charge on any atom is -0.481 e. The quantitative estimate of drug-likeness (QED) is 0.472. The summed E-state index contributed by atoms with van der Waals surface area (Å²) in [6.07, 6.45) is 2.68. The largest absolute Gasteiger partial charge is 0.481 e. The fourth-order valence-corrected chi connectivity index (χ4v) is 2.46. The summed E-state index contributed by atoms with van der Waals surface area (Å²) < 4.78 is 23.8. The zero-order chi connectivity index (χ0) is 14.5. The zero-order valence-electron chi connectivity index (χ0n) is 10.7. The van der Waals surface area contributed by atoms with Gasteiger partial charge in [0, 0.05) is 19.1 Å². The van der Waals surface area contributed by atoms with E-state index in [0.29, 0.717) is 19.3 Å². The molecule has 0 unspecified atom stereocenters. The topological polar surface area (TPSA) is 125 Å². The van der Waals surface area contributed by atoms with Crippen LogP contribution in [0.15, 0.2) is 0 Å². The third kappa shape index (κ3) is 6.39. The lowest BCUT2D eigenvalue weighted by atomic mass is 10.1. The standard InChI is InChI=1S/C10H19N3O5S/c1-19(17,18)12-5-4-11-10(16)13-8-3-2-7(6-8)9(14)15/h7-8,12H,2-6H2,1H3,(H,14,15)(H2,11,13,16)/t7-,8+/m1/s1. The summed E-state index contributed by atoms with van der Waals surface area (Å²) in [5.41, 5.74) is 0. The van der Waals surface area contributed by atoms with Crippen LogP contribution in [0.1, 0.15) is 19.3 Å². The van der Waals surface area contributed by atoms with Crippen LogP contribution in [0.4, 0.5) is 4.79 Å². The summed E-state index contributed by atoms with van der Waals surface area (Å²) >= 11 is 0. The van der Waals surface area contributed by atoms with Crippen molar-refractivity contribution in [3.63, 3.8) is 0 Å². The van der Waals surface area contributed by atoms with Crippen LogP contribution in [-0.2, 0) is 14.8 Å². The van der Waals surface area contributed by atoms with Crippen molar-refractivity contribution in [1.29, 1.82) is 0 Å². The fourth-order valence-electron chi connectivity index (χ4n) is 1.99. The van der Waals surface area contributed by atoms with E-state index < -0.39 is 27.9 Å². The number of carboxylic acid groups (broad SMARTS) is 1. The molecule has 1 fully saturated rings. The van der Waals surface area contributed by atoms with Crippen molar-refractivity contribution >= 4 is 22.0 Å². The first kappa shape index (κ1) is 15.7. The van der Waals surface area contributed by atoms with Gasteiger partial charge in [-0.05, 0) is 19.3 Å². The maximum absolute atomic E-state index is 11.5. The number of amides is 2. The molecule has 0 spiro atoms. The number of urea groups is 1. The van der Waals surface area contributed by atoms with Crippen molar-refractivity contribution in [3.05, 3.63) is 0 Å². The van der Waals surface area contributed by atoms with E-state index in [0.717, 1.165) is 6.26 Å². The second-order valence-corrected chi connectivity index (χ2v) is 6.44. The van der Waals surface area contributed by atoms with Crippen LogP contribution in [0.25, 0.3) is 0 Å². The van der Waals surface area contributed by atoms with Crippen LogP contribution in [0.5, 0.6) is 0 Å². The molecule has 2 amide bonds. The number of hydrogen-bond acceptors (Lipinski definition) is 4. The van der Waals surface area contributed by atoms with Crippen molar-refractivity contribution < 1.29 is 23.1 Å². The van der Waals surface area contributed by atoms with E-state index >= 15 is 0 Å². The lowest BCUT2D eigenvalue weighted by Gasteiger charge is -2.13. The van der Waals surface area contributed by atoms with E-state index in [-0.39, 0.29) is 19.1 Å². The van der Waals surface area contributed by atoms with Gasteiger partial charge in [-0.3, -0.25) is 4.79 Å². The number of carbonyl (C=O) groups excluding carboxylic acids is 1. The van der Waals surface area contributed by atoms with E-state index in [9.17, 15) is 18.0 Å². The molecule has 0 heterocycles. The summed E-state index contributed by atoms with van der Waals surface area (Å²) in [4.78, 5) is 22.2. The highest BCUT2D eigenvalue weighted by Gasteiger charge is 2.30. The van der Waals surface area contributed by atoms with Crippen molar-refractivity contribution in [2.24, 2.45) is 5.92 Å². The molecule has 1 aliphatic rings. The second-order valence-electron chi connectivity index (χ2n) is 4.61. The van der Waals surface area contributed by atoms with Gasteiger partial charge in [0.1, 0.15) is 0 Å². The van der Waals surface area contributed by atoms with E-state index in [1.165, 1.54) is 0 Å². The molecule has 0 aromatic carbocycles. The second kappa shape index (κ2) is 6.71. The predicted octanol–water partition coefficient (Wildman–Crippen LogP) is -0.912. The molecule has 110 valence electrons. The Bertz CT molecular complexity index is 436. The van der Waals surface area contributed by atoms with Crippen molar-refractivity contribution in [2.45, 2.75) is 25.3 Å². The number of carbonyl (C=O) groups is 2. The molecule has 4 N–H and O–H groups in total. The van der Waals surface area contributed by atoms with Gasteiger partial charge in [-0.15, -0.1) is 0 Å². The normalized spacial score (nSPS) is 23.0. The summed E-state index contributed by atoms with van der Waals surface area (Å²) in [6, 6.07) is -0.546. The molecule has 0 aromatic rings. The molecular weight excluding hydrogens is 274 g/mol. The Hall–Kier alpha value is -1.35. The highest BCUT2D eigenvalue weighted by molar-refractivity contribution is 7.88. The van der Waals surface area contributed by atoms with E-state index in [2.05, 4.69) is 15.4 Å². The highest BCUT2D eigenvalue weighted by atomic mass is 32.2. The van der Waals surface area contributed by atoms with Crippen LogP contribution in [0, 0.1) is 5.92 Å². The number of aliphatic carboxylic acids is 1. The first-order valence-electron chi connectivity index (χ1n) is 6.00. The smallest absolute Gasteiger partial charge is 0.315 e. The Morgan fingerprint density at radius 3 is 2.47 bits per heavy atom. The highest BCUT2D eigenvalue weighted by Crippen LogP contribution is 2.25. The molecule has 1 aliphatic carbocycles. The van der Waals surface area contributed by atoms with E-state index in [4.69, 9.17) is 5.11 Å². The number of rotatable bonds is 6. The maximum atomic E-state index is 11.5. The Labute approximate surface area is 112 Å². The lowest BCUT2D eigenvalue weighted by Crippen LogP contribution is -2.43. The van der Waals surface area contributed by atoms with Gasteiger partial charge in [-0.1, -0.05) is 0 Å². The van der Waals surface area contributed by atoms with E-state index in [1.807, 2.05) is 0 Å². The molecule has 2 atom stereocenters. The molecule has 0 aromatic heterocycles. The Balaban J connectivity index is 2.17. The number of nitrogens with one attached hydrogen (secondary N) is 3. The minimum atomic E-state index is -3.25. The maximum Gasteiger partial charge on any atom is 0.315 e. The fraction of sp³-hybridized carbons (Fsp3) is 0.800. The van der Waals surface area contributed by atoms with Crippen LogP contribution in [0.2, 0.25) is 0 Å². The van der Waals surface area contributed by atoms with Crippen molar-refractivity contribution in [3.8, 4) is 0 Å². The van der Waals surface area contributed by atoms with Crippen LogP contribution >= 0.6 is 0 Å².